The number of phenols is 1. The summed E-state index contributed by atoms with van der Waals surface area (Å²) in [4.78, 5) is 0. The molecule has 4 unspecified atom stereocenters. The number of hydrogen-bond acceptors (Lipinski definition) is 2. The van der Waals surface area contributed by atoms with E-state index in [9.17, 15) is 27.1 Å². The minimum Gasteiger partial charge on any atom is -0.508 e. The van der Waals surface area contributed by atoms with E-state index >= 15 is 4.39 Å². The number of benzene rings is 1. The van der Waals surface area contributed by atoms with E-state index in [4.69, 9.17) is 0 Å². The van der Waals surface area contributed by atoms with Crippen LogP contribution in [-0.2, 0) is 0 Å². The fraction of sp³-hybridized carbons (Fsp3) is 0.824. The maximum Gasteiger partial charge on any atom is 0.453 e. The predicted molar refractivity (Wildman–Crippen MR) is 158 cm³/mol. The topological polar surface area (TPSA) is 20.2 Å². The van der Waals surface area contributed by atoms with E-state index in [2.05, 4.69) is 6.92 Å². The summed E-state index contributed by atoms with van der Waals surface area (Å²) in [7, 11) is 0. The maximum atomic E-state index is 16.3. The van der Waals surface area contributed by atoms with Gasteiger partial charge < -0.3 is 5.11 Å². The number of alkyl halides is 6. The van der Waals surface area contributed by atoms with Gasteiger partial charge in [-0.1, -0.05) is 51.5 Å². The van der Waals surface area contributed by atoms with E-state index in [1.807, 2.05) is 6.07 Å². The molecule has 8 heteroatoms. The molecule has 0 heterocycles. The first kappa shape index (κ1) is 32.3. The predicted octanol–water partition coefficient (Wildman–Crippen LogP) is 11.6. The van der Waals surface area contributed by atoms with E-state index in [0.29, 0.717) is 34.3 Å². The van der Waals surface area contributed by atoms with Crippen molar-refractivity contribution in [2.24, 2.45) is 28.6 Å². The van der Waals surface area contributed by atoms with Gasteiger partial charge in [0, 0.05) is 6.42 Å². The van der Waals surface area contributed by atoms with Crippen molar-refractivity contribution < 1.29 is 31.4 Å². The molecule has 0 aliphatic heterocycles. The molecule has 3 fully saturated rings. The lowest BCUT2D eigenvalue weighted by Crippen LogP contribution is -2.47. The number of rotatable bonds is 14. The smallest absolute Gasteiger partial charge is 0.453 e. The highest BCUT2D eigenvalue weighted by molar-refractivity contribution is 7.99. The van der Waals surface area contributed by atoms with Gasteiger partial charge in [0.2, 0.25) is 0 Å². The summed E-state index contributed by atoms with van der Waals surface area (Å²) >= 11 is 1.46. The molecule has 1 aromatic carbocycles. The van der Waals surface area contributed by atoms with Crippen molar-refractivity contribution in [2.45, 2.75) is 134 Å². The highest BCUT2D eigenvalue weighted by Crippen LogP contribution is 2.77. The fourth-order valence-corrected chi connectivity index (χ4v) is 10.3. The van der Waals surface area contributed by atoms with Crippen LogP contribution in [0.3, 0.4) is 0 Å². The molecular formula is C34H48F6OS. The first-order chi connectivity index (χ1) is 19.9. The summed E-state index contributed by atoms with van der Waals surface area (Å²) in [5.41, 5.74) is 2.76. The monoisotopic (exact) mass is 618 g/mol. The minimum atomic E-state index is -5.45. The van der Waals surface area contributed by atoms with E-state index < -0.39 is 24.7 Å². The molecule has 1 N–H and O–H groups in total. The number of hydrogen-bond donors (Lipinski definition) is 1. The third-order valence-electron chi connectivity index (χ3n) is 11.9. The number of thioether (sulfide) groups is 1. The quantitative estimate of drug-likeness (QED) is 0.165. The van der Waals surface area contributed by atoms with Crippen LogP contribution in [-0.4, -0.2) is 28.7 Å². The second kappa shape index (κ2) is 12.7. The van der Waals surface area contributed by atoms with Crippen molar-refractivity contribution in [1.29, 1.82) is 0 Å². The van der Waals surface area contributed by atoms with Crippen molar-refractivity contribution >= 4 is 11.8 Å². The largest absolute Gasteiger partial charge is 0.508 e. The number of phenolic OH excluding ortho intramolecular Hbond substituents is 1. The molecule has 6 atom stereocenters. The molecule has 0 saturated heterocycles. The van der Waals surface area contributed by atoms with Crippen LogP contribution in [0.1, 0.15) is 133 Å². The molecule has 1 nitrogen and oxygen atoms in total. The van der Waals surface area contributed by atoms with Gasteiger partial charge in [-0.3, -0.25) is 0 Å². The van der Waals surface area contributed by atoms with Crippen LogP contribution in [0.15, 0.2) is 18.2 Å². The molecule has 4 aliphatic carbocycles. The first-order valence-electron chi connectivity index (χ1n) is 16.4. The standard InChI is InChI=1S/C34H48F6OS/c1-31-16-13-25-24-12-11-23(41)22-27(24)30(35)26(29(25)28(31)14-17-32(31)18-19-32)10-7-5-3-2-4-6-8-20-42-21-9-15-33(36,37)34(38,39)40/h11-12,22,25-26,28-30,41H,2-10,13-21H2,1H3/t25?,26-,28?,29?,30?,31-/m0/s1. The summed E-state index contributed by atoms with van der Waals surface area (Å²) in [5, 5.41) is 10.2. The van der Waals surface area contributed by atoms with Gasteiger partial charge in [0.1, 0.15) is 11.9 Å². The summed E-state index contributed by atoms with van der Waals surface area (Å²) in [6.45, 7) is 2.52. The number of halogens is 6. The molecule has 5 rings (SSSR count). The molecule has 3 saturated carbocycles. The summed E-state index contributed by atoms with van der Waals surface area (Å²) in [5.74, 6) is -1.88. The molecule has 0 radical (unpaired) electrons. The lowest BCUT2D eigenvalue weighted by Gasteiger charge is -2.55. The van der Waals surface area contributed by atoms with E-state index in [-0.39, 0.29) is 18.1 Å². The van der Waals surface area contributed by atoms with Gasteiger partial charge in [-0.15, -0.1) is 0 Å². The third-order valence-corrected chi connectivity index (χ3v) is 13.0. The SMILES string of the molecule is C[C@]12CCC3c4ccc(O)cc4C(F)[C@@H](CCCCCCCCCSCCCC(F)(F)C(F)(F)F)C3C1CCC21CC1. The van der Waals surface area contributed by atoms with Gasteiger partial charge in [-0.05, 0) is 127 Å². The zero-order chi connectivity index (χ0) is 30.2. The van der Waals surface area contributed by atoms with Crippen molar-refractivity contribution in [1.82, 2.24) is 0 Å². The van der Waals surface area contributed by atoms with Gasteiger partial charge in [0.05, 0.1) is 0 Å². The van der Waals surface area contributed by atoms with Crippen molar-refractivity contribution in [3.05, 3.63) is 29.3 Å². The summed E-state index contributed by atoms with van der Waals surface area (Å²) in [6.07, 6.45) is 8.22. The Balaban J connectivity index is 1.03. The van der Waals surface area contributed by atoms with E-state index in [0.717, 1.165) is 74.7 Å². The molecule has 42 heavy (non-hydrogen) atoms. The maximum absolute atomic E-state index is 16.3. The second-order valence-corrected chi connectivity index (χ2v) is 15.4. The Labute approximate surface area is 252 Å². The van der Waals surface area contributed by atoms with Gasteiger partial charge >= 0.3 is 12.1 Å². The van der Waals surface area contributed by atoms with Gasteiger partial charge in [0.15, 0.2) is 0 Å². The first-order valence-corrected chi connectivity index (χ1v) is 17.5. The molecule has 238 valence electrons. The van der Waals surface area contributed by atoms with Crippen LogP contribution in [0.5, 0.6) is 5.75 Å². The Morgan fingerprint density at radius 3 is 2.19 bits per heavy atom. The van der Waals surface area contributed by atoms with Crippen LogP contribution in [0.2, 0.25) is 0 Å². The van der Waals surface area contributed by atoms with E-state index in [1.54, 1.807) is 12.1 Å². The Hall–Kier alpha value is -1.05. The zero-order valence-electron chi connectivity index (χ0n) is 25.0. The van der Waals surface area contributed by atoms with Gasteiger partial charge in [-0.2, -0.15) is 33.7 Å². The number of aromatic hydroxyl groups is 1. The average molecular weight is 619 g/mol. The Kier molecular flexibility index (Phi) is 9.82. The van der Waals surface area contributed by atoms with Crippen LogP contribution in [0, 0.1) is 28.6 Å². The molecule has 0 amide bonds. The van der Waals surface area contributed by atoms with Gasteiger partial charge in [-0.25, -0.2) is 4.39 Å². The number of unbranched alkanes of at least 4 members (excludes halogenated alkanes) is 6. The Morgan fingerprint density at radius 1 is 0.833 bits per heavy atom. The normalized spacial score (nSPS) is 31.5. The van der Waals surface area contributed by atoms with Crippen LogP contribution >= 0.6 is 11.8 Å². The molecule has 0 aromatic heterocycles. The highest BCUT2D eigenvalue weighted by atomic mass is 32.2. The second-order valence-electron chi connectivity index (χ2n) is 14.1. The molecule has 1 spiro atoms. The fourth-order valence-electron chi connectivity index (χ4n) is 9.37. The minimum absolute atomic E-state index is 0.0240. The van der Waals surface area contributed by atoms with Crippen molar-refractivity contribution in [2.75, 3.05) is 11.5 Å². The molecular weight excluding hydrogens is 570 g/mol. The van der Waals surface area contributed by atoms with Crippen molar-refractivity contribution in [3.8, 4) is 5.75 Å². The average Bonchev–Trinajstić information content (AvgIpc) is 3.67. The summed E-state index contributed by atoms with van der Waals surface area (Å²) in [6, 6.07) is 5.43. The van der Waals surface area contributed by atoms with E-state index in [1.165, 1.54) is 43.9 Å². The number of fused-ring (bicyclic) bond motifs is 6. The van der Waals surface area contributed by atoms with Crippen LogP contribution < -0.4 is 0 Å². The van der Waals surface area contributed by atoms with Crippen LogP contribution in [0.25, 0.3) is 0 Å². The lowest BCUT2D eigenvalue weighted by molar-refractivity contribution is -0.284. The molecule has 1 aromatic rings. The zero-order valence-corrected chi connectivity index (χ0v) is 25.8. The van der Waals surface area contributed by atoms with Crippen LogP contribution in [0.4, 0.5) is 26.3 Å². The molecule has 4 aliphatic rings. The van der Waals surface area contributed by atoms with Gasteiger partial charge in [0.25, 0.3) is 0 Å². The van der Waals surface area contributed by atoms with Crippen molar-refractivity contribution in [3.63, 3.8) is 0 Å². The Bertz CT molecular complexity index is 1050. The summed E-state index contributed by atoms with van der Waals surface area (Å²) < 4.78 is 78.8. The highest BCUT2D eigenvalue weighted by Gasteiger charge is 2.67. The molecule has 0 bridgehead atoms. The lowest BCUT2D eigenvalue weighted by atomic mass is 9.50. The third kappa shape index (κ3) is 6.36. The Morgan fingerprint density at radius 2 is 1.50 bits per heavy atom.